The molecule has 1 fully saturated rings. The Balaban J connectivity index is 2.03. The van der Waals surface area contributed by atoms with Crippen LogP contribution in [0.3, 0.4) is 0 Å². The van der Waals surface area contributed by atoms with E-state index in [9.17, 15) is 4.79 Å². The van der Waals surface area contributed by atoms with E-state index in [0.29, 0.717) is 19.0 Å². The molecular formula is C8H15NO3S. The Morgan fingerprint density at radius 2 is 2.54 bits per heavy atom. The van der Waals surface area contributed by atoms with Gasteiger partial charge in [0.1, 0.15) is 0 Å². The van der Waals surface area contributed by atoms with E-state index in [-0.39, 0.29) is 5.91 Å². The molecule has 0 bridgehead atoms. The zero-order valence-corrected chi connectivity index (χ0v) is 8.64. The van der Waals surface area contributed by atoms with Gasteiger partial charge in [0, 0.05) is 12.9 Å². The van der Waals surface area contributed by atoms with Crippen LogP contribution in [0, 0.1) is 0 Å². The second kappa shape index (κ2) is 6.23. The molecule has 0 radical (unpaired) electrons. The van der Waals surface area contributed by atoms with E-state index < -0.39 is 0 Å². The first-order valence-electron chi connectivity index (χ1n) is 4.34. The number of ether oxygens (including phenoxy) is 1. The largest absolute Gasteiger partial charge is 0.384 e. The lowest BCUT2D eigenvalue weighted by molar-refractivity contribution is -0.165. The number of hydroxylamine groups is 2. The molecule has 0 saturated carbocycles. The molecular weight excluding hydrogens is 190 g/mol. The summed E-state index contributed by atoms with van der Waals surface area (Å²) in [5.41, 5.74) is 0. The van der Waals surface area contributed by atoms with Crippen molar-refractivity contribution >= 4 is 17.7 Å². The van der Waals surface area contributed by atoms with Crippen LogP contribution in [-0.2, 0) is 14.4 Å². The van der Waals surface area contributed by atoms with Crippen LogP contribution in [0.5, 0.6) is 0 Å². The van der Waals surface area contributed by atoms with Crippen molar-refractivity contribution in [1.29, 1.82) is 0 Å². The van der Waals surface area contributed by atoms with Crippen LogP contribution in [0.4, 0.5) is 0 Å². The Morgan fingerprint density at radius 1 is 1.69 bits per heavy atom. The van der Waals surface area contributed by atoms with Crippen LogP contribution in [0.15, 0.2) is 0 Å². The maximum absolute atomic E-state index is 11.3. The standard InChI is InChI=1S/C8H15NO3S/c1-11-5-6-13-7-8(10)9-3-2-4-12-9/h2-7H2,1H3. The molecule has 1 aliphatic rings. The Bertz CT molecular complexity index is 159. The highest BCUT2D eigenvalue weighted by Crippen LogP contribution is 2.08. The molecule has 0 spiro atoms. The summed E-state index contributed by atoms with van der Waals surface area (Å²) >= 11 is 1.58. The number of carbonyl (C=O) groups excluding carboxylic acids is 1. The average Bonchev–Trinajstić information content (AvgIpc) is 2.65. The maximum atomic E-state index is 11.3. The predicted octanol–water partition coefficient (Wildman–Crippen LogP) is 0.530. The third-order valence-corrected chi connectivity index (χ3v) is 2.59. The van der Waals surface area contributed by atoms with Gasteiger partial charge in [0.15, 0.2) is 0 Å². The van der Waals surface area contributed by atoms with E-state index in [1.165, 1.54) is 5.06 Å². The van der Waals surface area contributed by atoms with Gasteiger partial charge in [-0.2, -0.15) is 0 Å². The van der Waals surface area contributed by atoms with Crippen molar-refractivity contribution in [3.8, 4) is 0 Å². The summed E-state index contributed by atoms with van der Waals surface area (Å²) in [5.74, 6) is 1.41. The number of amides is 1. The van der Waals surface area contributed by atoms with Crippen molar-refractivity contribution in [2.24, 2.45) is 0 Å². The molecule has 0 atom stereocenters. The summed E-state index contributed by atoms with van der Waals surface area (Å²) in [6.45, 7) is 2.11. The SMILES string of the molecule is COCCSCC(=O)N1CCCO1. The third-order valence-electron chi connectivity index (χ3n) is 1.69. The van der Waals surface area contributed by atoms with Crippen molar-refractivity contribution in [1.82, 2.24) is 5.06 Å². The van der Waals surface area contributed by atoms with Gasteiger partial charge < -0.3 is 4.74 Å². The normalized spacial score (nSPS) is 16.5. The van der Waals surface area contributed by atoms with Crippen molar-refractivity contribution in [2.75, 3.05) is 38.4 Å². The zero-order valence-electron chi connectivity index (χ0n) is 7.82. The van der Waals surface area contributed by atoms with Gasteiger partial charge in [-0.05, 0) is 6.42 Å². The molecule has 0 aromatic rings. The van der Waals surface area contributed by atoms with E-state index in [1.54, 1.807) is 18.9 Å². The monoisotopic (exact) mass is 205 g/mol. The van der Waals surface area contributed by atoms with E-state index in [1.807, 2.05) is 0 Å². The summed E-state index contributed by atoms with van der Waals surface area (Å²) < 4.78 is 4.87. The predicted molar refractivity (Wildman–Crippen MR) is 51.5 cm³/mol. The minimum atomic E-state index is 0.0682. The van der Waals surface area contributed by atoms with Gasteiger partial charge >= 0.3 is 0 Å². The number of thioether (sulfide) groups is 1. The lowest BCUT2D eigenvalue weighted by atomic mass is 10.5. The molecule has 0 aromatic carbocycles. The molecule has 0 aliphatic carbocycles. The summed E-state index contributed by atoms with van der Waals surface area (Å²) in [6.07, 6.45) is 0.953. The number of hydrogen-bond acceptors (Lipinski definition) is 4. The Morgan fingerprint density at radius 3 is 3.15 bits per heavy atom. The Kier molecular flexibility index (Phi) is 5.19. The highest BCUT2D eigenvalue weighted by atomic mass is 32.2. The molecule has 13 heavy (non-hydrogen) atoms. The molecule has 1 rings (SSSR count). The number of nitrogens with zero attached hydrogens (tertiary/aromatic N) is 1. The van der Waals surface area contributed by atoms with Gasteiger partial charge in [0.05, 0.1) is 25.5 Å². The van der Waals surface area contributed by atoms with Crippen LogP contribution < -0.4 is 0 Å². The average molecular weight is 205 g/mol. The molecule has 1 heterocycles. The second-order valence-corrected chi connectivity index (χ2v) is 3.83. The molecule has 1 saturated heterocycles. The highest BCUT2D eigenvalue weighted by Gasteiger charge is 2.18. The van der Waals surface area contributed by atoms with E-state index >= 15 is 0 Å². The van der Waals surface area contributed by atoms with Crippen LogP contribution in [0.2, 0.25) is 0 Å². The highest BCUT2D eigenvalue weighted by molar-refractivity contribution is 7.99. The van der Waals surface area contributed by atoms with Crippen molar-refractivity contribution in [2.45, 2.75) is 6.42 Å². The second-order valence-electron chi connectivity index (χ2n) is 2.73. The fourth-order valence-corrected chi connectivity index (χ4v) is 1.77. The number of rotatable bonds is 5. The fraction of sp³-hybridized carbons (Fsp3) is 0.875. The Labute approximate surface area is 82.5 Å². The number of carbonyl (C=O) groups is 1. The van der Waals surface area contributed by atoms with Gasteiger partial charge in [0.25, 0.3) is 5.91 Å². The quantitative estimate of drug-likeness (QED) is 0.614. The maximum Gasteiger partial charge on any atom is 0.256 e. The first-order chi connectivity index (χ1) is 6.34. The molecule has 1 amide bonds. The molecule has 5 heteroatoms. The molecule has 0 unspecified atom stereocenters. The van der Waals surface area contributed by atoms with Gasteiger partial charge in [-0.25, -0.2) is 5.06 Å². The molecule has 4 nitrogen and oxygen atoms in total. The zero-order chi connectivity index (χ0) is 9.52. The smallest absolute Gasteiger partial charge is 0.256 e. The fourth-order valence-electron chi connectivity index (χ4n) is 1.02. The first-order valence-corrected chi connectivity index (χ1v) is 5.50. The lowest BCUT2D eigenvalue weighted by Crippen LogP contribution is -2.28. The molecule has 0 N–H and O–H groups in total. The van der Waals surface area contributed by atoms with E-state index in [4.69, 9.17) is 9.57 Å². The van der Waals surface area contributed by atoms with E-state index in [2.05, 4.69) is 0 Å². The summed E-state index contributed by atoms with van der Waals surface area (Å²) in [7, 11) is 1.66. The molecule has 0 aromatic heterocycles. The topological polar surface area (TPSA) is 38.8 Å². The van der Waals surface area contributed by atoms with Gasteiger partial charge in [0.2, 0.25) is 0 Å². The van der Waals surface area contributed by atoms with Crippen LogP contribution in [-0.4, -0.2) is 49.3 Å². The minimum Gasteiger partial charge on any atom is -0.384 e. The van der Waals surface area contributed by atoms with Gasteiger partial charge in [-0.3, -0.25) is 9.63 Å². The van der Waals surface area contributed by atoms with Crippen molar-refractivity contribution in [3.05, 3.63) is 0 Å². The summed E-state index contributed by atoms with van der Waals surface area (Å²) in [5, 5.41) is 1.46. The third kappa shape index (κ3) is 3.97. The lowest BCUT2D eigenvalue weighted by Gasteiger charge is -2.12. The molecule has 76 valence electrons. The van der Waals surface area contributed by atoms with Gasteiger partial charge in [-0.15, -0.1) is 11.8 Å². The van der Waals surface area contributed by atoms with Crippen LogP contribution in [0.1, 0.15) is 6.42 Å². The van der Waals surface area contributed by atoms with Crippen LogP contribution >= 0.6 is 11.8 Å². The van der Waals surface area contributed by atoms with Crippen molar-refractivity contribution in [3.63, 3.8) is 0 Å². The van der Waals surface area contributed by atoms with Crippen molar-refractivity contribution < 1.29 is 14.4 Å². The minimum absolute atomic E-state index is 0.0682. The first kappa shape index (κ1) is 10.8. The van der Waals surface area contributed by atoms with Gasteiger partial charge in [-0.1, -0.05) is 0 Å². The molecule has 1 aliphatic heterocycles. The van der Waals surface area contributed by atoms with E-state index in [0.717, 1.165) is 18.7 Å². The van der Waals surface area contributed by atoms with Crippen LogP contribution in [0.25, 0.3) is 0 Å². The number of hydrogen-bond donors (Lipinski definition) is 0. The summed E-state index contributed by atoms with van der Waals surface area (Å²) in [6, 6.07) is 0. The Hall–Kier alpha value is -0.260. The number of methoxy groups -OCH3 is 1. The summed E-state index contributed by atoms with van der Waals surface area (Å²) in [4.78, 5) is 16.5.